The number of pyridine rings is 1. The zero-order chi connectivity index (χ0) is 12.1. The highest BCUT2D eigenvalue weighted by Crippen LogP contribution is 2.19. The molecule has 1 unspecified atom stereocenters. The summed E-state index contributed by atoms with van der Waals surface area (Å²) < 4.78 is 5.09. The molecule has 1 aromatic heterocycles. The van der Waals surface area contributed by atoms with Gasteiger partial charge >= 0.3 is 0 Å². The summed E-state index contributed by atoms with van der Waals surface area (Å²) in [4.78, 5) is 3.93. The number of ether oxygens (including phenoxy) is 1. The fourth-order valence-corrected chi connectivity index (χ4v) is 1.69. The first-order valence-electron chi connectivity index (χ1n) is 5.50. The van der Waals surface area contributed by atoms with Crippen molar-refractivity contribution in [3.63, 3.8) is 0 Å². The smallest absolute Gasteiger partial charge is 0.118 e. The Kier molecular flexibility index (Phi) is 3.73. The van der Waals surface area contributed by atoms with E-state index in [0.717, 1.165) is 16.9 Å². The van der Waals surface area contributed by atoms with Crippen molar-refractivity contribution in [2.75, 3.05) is 7.11 Å². The molecule has 1 atom stereocenters. The minimum absolute atomic E-state index is 0.494. The van der Waals surface area contributed by atoms with E-state index < -0.39 is 6.10 Å². The molecule has 0 bridgehead atoms. The molecule has 17 heavy (non-hydrogen) atoms. The third-order valence-electron chi connectivity index (χ3n) is 2.68. The highest BCUT2D eigenvalue weighted by molar-refractivity contribution is 5.28. The second kappa shape index (κ2) is 5.46. The van der Waals surface area contributed by atoms with Crippen LogP contribution in [-0.2, 0) is 6.42 Å². The largest absolute Gasteiger partial charge is 0.497 e. The second-order valence-electron chi connectivity index (χ2n) is 3.85. The van der Waals surface area contributed by atoms with E-state index in [1.54, 1.807) is 19.5 Å². The number of methoxy groups -OCH3 is 1. The molecule has 0 aliphatic rings. The van der Waals surface area contributed by atoms with Crippen molar-refractivity contribution in [2.24, 2.45) is 0 Å². The molecule has 0 aliphatic carbocycles. The Morgan fingerprint density at radius 3 is 2.35 bits per heavy atom. The van der Waals surface area contributed by atoms with E-state index in [-0.39, 0.29) is 0 Å². The number of aliphatic hydroxyl groups is 1. The van der Waals surface area contributed by atoms with E-state index in [9.17, 15) is 5.11 Å². The van der Waals surface area contributed by atoms with Crippen LogP contribution in [0.3, 0.4) is 0 Å². The maximum absolute atomic E-state index is 10.0. The number of aromatic nitrogens is 1. The molecule has 1 aromatic carbocycles. The van der Waals surface area contributed by atoms with Gasteiger partial charge in [0.15, 0.2) is 0 Å². The van der Waals surface area contributed by atoms with Crippen molar-refractivity contribution < 1.29 is 9.84 Å². The van der Waals surface area contributed by atoms with Crippen molar-refractivity contribution in [3.05, 3.63) is 59.9 Å². The number of benzene rings is 1. The minimum Gasteiger partial charge on any atom is -0.497 e. The van der Waals surface area contributed by atoms with Gasteiger partial charge < -0.3 is 9.84 Å². The fourth-order valence-electron chi connectivity index (χ4n) is 1.69. The van der Waals surface area contributed by atoms with Gasteiger partial charge in [0.05, 0.1) is 13.2 Å². The fraction of sp³-hybridized carbons (Fsp3) is 0.214. The van der Waals surface area contributed by atoms with Gasteiger partial charge in [0.1, 0.15) is 5.75 Å². The lowest BCUT2D eigenvalue weighted by Gasteiger charge is -2.11. The van der Waals surface area contributed by atoms with E-state index in [1.165, 1.54) is 0 Å². The Labute approximate surface area is 101 Å². The van der Waals surface area contributed by atoms with Crippen LogP contribution in [0.4, 0.5) is 0 Å². The van der Waals surface area contributed by atoms with Crippen LogP contribution in [0.1, 0.15) is 17.2 Å². The van der Waals surface area contributed by atoms with E-state index in [0.29, 0.717) is 6.42 Å². The Morgan fingerprint density at radius 2 is 1.76 bits per heavy atom. The highest BCUT2D eigenvalue weighted by atomic mass is 16.5. The summed E-state index contributed by atoms with van der Waals surface area (Å²) in [5.74, 6) is 0.826. The summed E-state index contributed by atoms with van der Waals surface area (Å²) in [6.45, 7) is 0. The molecule has 1 N–H and O–H groups in total. The quantitative estimate of drug-likeness (QED) is 0.875. The molecular weight excluding hydrogens is 214 g/mol. The van der Waals surface area contributed by atoms with Crippen LogP contribution in [0.2, 0.25) is 0 Å². The molecule has 2 aromatic rings. The maximum atomic E-state index is 10.0. The molecule has 0 saturated heterocycles. The molecule has 0 fully saturated rings. The zero-order valence-corrected chi connectivity index (χ0v) is 9.71. The number of hydrogen-bond donors (Lipinski definition) is 1. The van der Waals surface area contributed by atoms with Crippen LogP contribution in [0.15, 0.2) is 48.8 Å². The first-order valence-corrected chi connectivity index (χ1v) is 5.50. The SMILES string of the molecule is COc1ccc(CC(O)c2ccncc2)cc1. The summed E-state index contributed by atoms with van der Waals surface area (Å²) in [6, 6.07) is 11.4. The Hall–Kier alpha value is -1.87. The molecule has 0 amide bonds. The van der Waals surface area contributed by atoms with Crippen LogP contribution >= 0.6 is 0 Å². The predicted molar refractivity (Wildman–Crippen MR) is 65.9 cm³/mol. The number of nitrogens with zero attached hydrogens (tertiary/aromatic N) is 1. The summed E-state index contributed by atoms with van der Waals surface area (Å²) in [5.41, 5.74) is 1.96. The van der Waals surface area contributed by atoms with E-state index in [1.807, 2.05) is 36.4 Å². The molecule has 1 heterocycles. The molecule has 3 nitrogen and oxygen atoms in total. The van der Waals surface area contributed by atoms with Gasteiger partial charge in [0.25, 0.3) is 0 Å². The summed E-state index contributed by atoms with van der Waals surface area (Å²) in [6.07, 6.45) is 3.47. The van der Waals surface area contributed by atoms with Gasteiger partial charge in [-0.05, 0) is 35.4 Å². The van der Waals surface area contributed by atoms with Crippen LogP contribution in [0.25, 0.3) is 0 Å². The monoisotopic (exact) mass is 229 g/mol. The van der Waals surface area contributed by atoms with Gasteiger partial charge in [-0.25, -0.2) is 0 Å². The molecule has 3 heteroatoms. The van der Waals surface area contributed by atoms with Gasteiger partial charge in [-0.2, -0.15) is 0 Å². The standard InChI is InChI=1S/C14H15NO2/c1-17-13-4-2-11(3-5-13)10-14(16)12-6-8-15-9-7-12/h2-9,14,16H,10H2,1H3. The average molecular weight is 229 g/mol. The molecule has 2 rings (SSSR count). The number of rotatable bonds is 4. The summed E-state index contributed by atoms with van der Waals surface area (Å²) in [7, 11) is 1.64. The van der Waals surface area contributed by atoms with E-state index in [4.69, 9.17) is 4.74 Å². The van der Waals surface area contributed by atoms with Gasteiger partial charge in [-0.3, -0.25) is 4.98 Å². The Balaban J connectivity index is 2.05. The average Bonchev–Trinajstić information content (AvgIpc) is 2.40. The van der Waals surface area contributed by atoms with Crippen molar-refractivity contribution in [3.8, 4) is 5.75 Å². The topological polar surface area (TPSA) is 42.4 Å². The van der Waals surface area contributed by atoms with Crippen molar-refractivity contribution >= 4 is 0 Å². The molecule has 0 aliphatic heterocycles. The normalized spacial score (nSPS) is 12.1. The van der Waals surface area contributed by atoms with Crippen molar-refractivity contribution in [1.29, 1.82) is 0 Å². The number of aliphatic hydroxyl groups excluding tert-OH is 1. The van der Waals surface area contributed by atoms with Gasteiger partial charge in [0.2, 0.25) is 0 Å². The molecule has 88 valence electrons. The van der Waals surface area contributed by atoms with Crippen LogP contribution in [0.5, 0.6) is 5.75 Å². The van der Waals surface area contributed by atoms with E-state index >= 15 is 0 Å². The van der Waals surface area contributed by atoms with Crippen LogP contribution in [-0.4, -0.2) is 17.2 Å². The summed E-state index contributed by atoms with van der Waals surface area (Å²) in [5, 5.41) is 10.0. The highest BCUT2D eigenvalue weighted by Gasteiger charge is 2.07. The minimum atomic E-state index is -0.494. The van der Waals surface area contributed by atoms with Crippen LogP contribution < -0.4 is 4.74 Å². The summed E-state index contributed by atoms with van der Waals surface area (Å²) >= 11 is 0. The predicted octanol–water partition coefficient (Wildman–Crippen LogP) is 2.37. The van der Waals surface area contributed by atoms with Gasteiger partial charge in [-0.15, -0.1) is 0 Å². The van der Waals surface area contributed by atoms with E-state index in [2.05, 4.69) is 4.98 Å². The second-order valence-corrected chi connectivity index (χ2v) is 3.85. The van der Waals surface area contributed by atoms with Crippen molar-refractivity contribution in [2.45, 2.75) is 12.5 Å². The zero-order valence-electron chi connectivity index (χ0n) is 9.71. The lowest BCUT2D eigenvalue weighted by Crippen LogP contribution is -2.01. The third kappa shape index (κ3) is 3.04. The third-order valence-corrected chi connectivity index (χ3v) is 2.68. The molecule has 0 radical (unpaired) electrons. The lowest BCUT2D eigenvalue weighted by atomic mass is 10.0. The lowest BCUT2D eigenvalue weighted by molar-refractivity contribution is 0.178. The van der Waals surface area contributed by atoms with Crippen LogP contribution in [0, 0.1) is 0 Å². The Morgan fingerprint density at radius 1 is 1.12 bits per heavy atom. The molecular formula is C14H15NO2. The molecule has 0 spiro atoms. The maximum Gasteiger partial charge on any atom is 0.118 e. The van der Waals surface area contributed by atoms with Gasteiger partial charge in [0, 0.05) is 18.8 Å². The number of hydrogen-bond acceptors (Lipinski definition) is 3. The van der Waals surface area contributed by atoms with Gasteiger partial charge in [-0.1, -0.05) is 12.1 Å². The molecule has 0 saturated carbocycles. The van der Waals surface area contributed by atoms with Crippen molar-refractivity contribution in [1.82, 2.24) is 4.98 Å². The first-order chi connectivity index (χ1) is 8.29. The Bertz CT molecular complexity index is 453. The first kappa shape index (κ1) is 11.6.